The Bertz CT molecular complexity index is 1550. The molecule has 0 bridgehead atoms. The Balaban J connectivity index is 1.84. The Labute approximate surface area is 209 Å². The molecule has 2 heterocycles. The first-order valence-electron chi connectivity index (χ1n) is 10.4. The molecule has 0 fully saturated rings. The summed E-state index contributed by atoms with van der Waals surface area (Å²) in [6.07, 6.45) is -3.47. The van der Waals surface area contributed by atoms with E-state index in [0.717, 1.165) is 10.6 Å². The number of hydrogen-bond acceptors (Lipinski definition) is 7. The number of carboxylic acid groups (broad SMARTS) is 1. The third-order valence-electron chi connectivity index (χ3n) is 5.31. The minimum absolute atomic E-state index is 0.0770. The maximum absolute atomic E-state index is 13.8. The maximum atomic E-state index is 13.8. The number of carboxylic acids is 1. The van der Waals surface area contributed by atoms with Crippen LogP contribution in [0.15, 0.2) is 51.4 Å². The lowest BCUT2D eigenvalue weighted by Crippen LogP contribution is -2.18. The van der Waals surface area contributed by atoms with Crippen molar-refractivity contribution in [2.45, 2.75) is 19.1 Å². The van der Waals surface area contributed by atoms with E-state index in [1.54, 1.807) is 18.2 Å². The molecule has 2 aromatic carbocycles. The number of ether oxygens (including phenoxy) is 1. The number of carbonyl (C=O) groups is 1. The molecule has 1 aliphatic rings. The van der Waals surface area contributed by atoms with Gasteiger partial charge in [0.25, 0.3) is 0 Å². The molecule has 0 saturated heterocycles. The molecule has 8 nitrogen and oxygen atoms in total. The third kappa shape index (κ3) is 5.50. The third-order valence-corrected chi connectivity index (χ3v) is 6.57. The van der Waals surface area contributed by atoms with Crippen molar-refractivity contribution in [2.24, 2.45) is 10.2 Å². The van der Waals surface area contributed by atoms with Crippen molar-refractivity contribution in [2.75, 3.05) is 13.2 Å². The number of fused-ring (bicyclic) bond motifs is 1. The number of nitrogens with zero attached hydrogens (tertiary/aromatic N) is 3. The number of aromatic nitrogens is 1. The molecular weight excluding hydrogens is 523 g/mol. The molecule has 0 amide bonds. The highest BCUT2D eigenvalue weighted by Gasteiger charge is 2.34. The lowest BCUT2D eigenvalue weighted by Gasteiger charge is -2.15. The van der Waals surface area contributed by atoms with E-state index in [-0.39, 0.29) is 40.6 Å². The molecule has 4 rings (SSSR count). The Morgan fingerprint density at radius 2 is 1.97 bits per heavy atom. The molecule has 0 spiro atoms. The van der Waals surface area contributed by atoms with E-state index < -0.39 is 35.1 Å². The highest BCUT2D eigenvalue weighted by molar-refractivity contribution is 7.10. The van der Waals surface area contributed by atoms with Gasteiger partial charge in [-0.25, -0.2) is 4.79 Å². The molecule has 2 N–H and O–H groups in total. The second-order valence-corrected chi connectivity index (χ2v) is 9.09. The van der Waals surface area contributed by atoms with Crippen molar-refractivity contribution in [3.63, 3.8) is 0 Å². The molecule has 0 aliphatic carbocycles. The molecule has 36 heavy (non-hydrogen) atoms. The summed E-state index contributed by atoms with van der Waals surface area (Å²) < 4.78 is 47.3. The molecule has 1 aliphatic heterocycles. The number of halogens is 4. The maximum Gasteiger partial charge on any atom is 0.416 e. The molecule has 0 radical (unpaired) electrons. The Kier molecular flexibility index (Phi) is 7.29. The normalized spacial score (nSPS) is 13.4. The van der Waals surface area contributed by atoms with E-state index in [2.05, 4.69) is 10.2 Å². The van der Waals surface area contributed by atoms with Gasteiger partial charge in [0.15, 0.2) is 0 Å². The van der Waals surface area contributed by atoms with Gasteiger partial charge in [0, 0.05) is 17.0 Å². The summed E-state index contributed by atoms with van der Waals surface area (Å²) in [4.78, 5) is 22.8. The van der Waals surface area contributed by atoms with Crippen molar-refractivity contribution in [3.8, 4) is 5.88 Å². The van der Waals surface area contributed by atoms with Crippen molar-refractivity contribution in [1.29, 1.82) is 0 Å². The molecule has 1 aromatic heterocycles. The topological polar surface area (TPSA) is 113 Å². The van der Waals surface area contributed by atoms with Crippen LogP contribution < -0.4 is 15.4 Å². The number of rotatable bonds is 8. The number of aliphatic carboxylic acids is 1. The highest BCUT2D eigenvalue weighted by Crippen LogP contribution is 2.37. The van der Waals surface area contributed by atoms with Gasteiger partial charge in [-0.2, -0.15) is 23.4 Å². The summed E-state index contributed by atoms with van der Waals surface area (Å²) in [6.45, 7) is -0.897. The van der Waals surface area contributed by atoms with Crippen LogP contribution in [-0.4, -0.2) is 40.2 Å². The average Bonchev–Trinajstić information content (AvgIpc) is 3.39. The molecule has 0 atom stereocenters. The number of alkyl halides is 3. The smallest absolute Gasteiger partial charge is 0.416 e. The van der Waals surface area contributed by atoms with Gasteiger partial charge in [-0.05, 0) is 40.6 Å². The van der Waals surface area contributed by atoms with Crippen LogP contribution >= 0.6 is 22.9 Å². The number of thiazole rings is 1. The Hall–Kier alpha value is -3.48. The summed E-state index contributed by atoms with van der Waals surface area (Å²) in [5.74, 6) is -1.65. The van der Waals surface area contributed by atoms with Gasteiger partial charge in [-0.3, -0.25) is 9.36 Å². The van der Waals surface area contributed by atoms with Gasteiger partial charge in [0.05, 0.1) is 35.2 Å². The molecule has 0 saturated carbocycles. The van der Waals surface area contributed by atoms with Crippen molar-refractivity contribution >= 4 is 40.7 Å². The summed E-state index contributed by atoms with van der Waals surface area (Å²) in [7, 11) is 0. The summed E-state index contributed by atoms with van der Waals surface area (Å²) >= 11 is 6.49. The summed E-state index contributed by atoms with van der Waals surface area (Å²) in [5.41, 5.74) is -0.128. The number of hydrogen-bond donors (Lipinski definition) is 2. The van der Waals surface area contributed by atoms with Gasteiger partial charge >= 0.3 is 17.0 Å². The van der Waals surface area contributed by atoms with Gasteiger partial charge in [0.2, 0.25) is 5.88 Å². The standard InChI is InChI=1S/C23H17ClF3N3O5S/c24-15-3-1-13(17(9-15)23(25,26)27)8-16(12-2-4-18-14(7-12)10-28-29-18)20-21(33)30(22(34)36-20)5-6-35-11-19(31)32/h1-4,7,9-10,33H,5-6,8,11H2,(H,31,32). The predicted octanol–water partition coefficient (Wildman–Crippen LogP) is 2.80. The van der Waals surface area contributed by atoms with Gasteiger partial charge < -0.3 is 14.9 Å². The Morgan fingerprint density at radius 1 is 1.19 bits per heavy atom. The fraction of sp³-hybridized carbons (Fsp3) is 0.217. The molecule has 3 aromatic rings. The van der Waals surface area contributed by atoms with E-state index >= 15 is 0 Å². The summed E-state index contributed by atoms with van der Waals surface area (Å²) in [5, 5.41) is 28.3. The average molecular weight is 540 g/mol. The van der Waals surface area contributed by atoms with Crippen LogP contribution in [0.3, 0.4) is 0 Å². The minimum Gasteiger partial charge on any atom is -0.493 e. The molecule has 0 unspecified atom stereocenters. The second-order valence-electron chi connectivity index (χ2n) is 7.69. The molecule has 188 valence electrons. The van der Waals surface area contributed by atoms with Crippen LogP contribution in [0.5, 0.6) is 5.88 Å². The summed E-state index contributed by atoms with van der Waals surface area (Å²) in [6, 6.07) is 8.35. The zero-order valence-electron chi connectivity index (χ0n) is 18.3. The predicted molar refractivity (Wildman–Crippen MR) is 126 cm³/mol. The van der Waals surface area contributed by atoms with Crippen LogP contribution in [-0.2, 0) is 28.7 Å². The van der Waals surface area contributed by atoms with Crippen LogP contribution in [0.2, 0.25) is 5.02 Å². The van der Waals surface area contributed by atoms with Crippen molar-refractivity contribution in [3.05, 3.63) is 83.2 Å². The quantitative estimate of drug-likeness (QED) is 0.427. The van der Waals surface area contributed by atoms with Gasteiger partial charge in [-0.1, -0.05) is 35.1 Å². The van der Waals surface area contributed by atoms with E-state index in [1.165, 1.54) is 18.3 Å². The van der Waals surface area contributed by atoms with Crippen LogP contribution in [0.25, 0.3) is 5.57 Å². The second kappa shape index (κ2) is 10.2. The highest BCUT2D eigenvalue weighted by atomic mass is 35.5. The van der Waals surface area contributed by atoms with Crippen molar-refractivity contribution < 1.29 is 32.9 Å². The molecular formula is C23H17ClF3N3O5S. The largest absolute Gasteiger partial charge is 0.493 e. The van der Waals surface area contributed by atoms with Gasteiger partial charge in [-0.15, -0.1) is 0 Å². The molecule has 13 heteroatoms. The van der Waals surface area contributed by atoms with Gasteiger partial charge in [0.1, 0.15) is 6.61 Å². The van der Waals surface area contributed by atoms with Crippen LogP contribution in [0.1, 0.15) is 21.6 Å². The monoisotopic (exact) mass is 539 g/mol. The first-order chi connectivity index (χ1) is 17.0. The minimum atomic E-state index is -4.68. The number of aromatic hydroxyl groups is 1. The van der Waals surface area contributed by atoms with E-state index in [1.807, 2.05) is 0 Å². The van der Waals surface area contributed by atoms with E-state index in [9.17, 15) is 27.9 Å². The fourth-order valence-electron chi connectivity index (χ4n) is 3.67. The lowest BCUT2D eigenvalue weighted by molar-refractivity contribution is -0.142. The zero-order valence-corrected chi connectivity index (χ0v) is 19.8. The Morgan fingerprint density at radius 3 is 2.69 bits per heavy atom. The van der Waals surface area contributed by atoms with E-state index in [0.29, 0.717) is 27.5 Å². The zero-order chi connectivity index (χ0) is 26.0. The van der Waals surface area contributed by atoms with E-state index in [4.69, 9.17) is 21.4 Å². The van der Waals surface area contributed by atoms with Crippen LogP contribution in [0, 0.1) is 0 Å². The first kappa shape index (κ1) is 25.6. The lowest BCUT2D eigenvalue weighted by atomic mass is 9.96. The first-order valence-corrected chi connectivity index (χ1v) is 11.6. The SMILES string of the molecule is O=C(O)COCCn1c(O)c(C(Cc2ccc(Cl)cc2C(F)(F)F)=c2ccc3c(c2)C=NN=3)sc1=O. The fourth-order valence-corrected chi connectivity index (χ4v) is 4.82. The van der Waals surface area contributed by atoms with Crippen molar-refractivity contribution in [1.82, 2.24) is 4.57 Å². The number of benzene rings is 2. The van der Waals surface area contributed by atoms with Crippen LogP contribution in [0.4, 0.5) is 13.2 Å².